The molecule has 220 valence electrons. The van der Waals surface area contributed by atoms with Crippen LogP contribution < -0.4 is 9.47 Å². The molecule has 2 fully saturated rings. The highest BCUT2D eigenvalue weighted by atomic mass is 16.7. The highest BCUT2D eigenvalue weighted by Gasteiger charge is 2.46. The Kier molecular flexibility index (Phi) is 9.48. The van der Waals surface area contributed by atoms with E-state index in [2.05, 4.69) is 0 Å². The molecule has 2 heterocycles. The van der Waals surface area contributed by atoms with E-state index in [-0.39, 0.29) is 22.8 Å². The molecule has 14 heteroatoms. The summed E-state index contributed by atoms with van der Waals surface area (Å²) < 4.78 is 21.8. The minimum absolute atomic E-state index is 0.149. The molecule has 2 saturated heterocycles. The number of hydrogen-bond donors (Lipinski definition) is 10. The van der Waals surface area contributed by atoms with E-state index in [1.165, 1.54) is 24.3 Å². The van der Waals surface area contributed by atoms with E-state index < -0.39 is 80.4 Å². The van der Waals surface area contributed by atoms with Crippen LogP contribution >= 0.6 is 0 Å². The van der Waals surface area contributed by atoms with Crippen molar-refractivity contribution in [2.75, 3.05) is 13.2 Å². The molecular weight excluding hydrogens is 536 g/mol. The fourth-order valence-electron chi connectivity index (χ4n) is 4.30. The lowest BCUT2D eigenvalue weighted by molar-refractivity contribution is -0.277. The van der Waals surface area contributed by atoms with Gasteiger partial charge < -0.3 is 70.0 Å². The number of aliphatic hydroxyl groups is 8. The lowest BCUT2D eigenvalue weighted by atomic mass is 9.99. The molecule has 40 heavy (non-hydrogen) atoms. The van der Waals surface area contributed by atoms with Gasteiger partial charge in [-0.2, -0.15) is 0 Å². The van der Waals surface area contributed by atoms with Gasteiger partial charge in [-0.3, -0.25) is 0 Å². The Morgan fingerprint density at radius 3 is 1.70 bits per heavy atom. The van der Waals surface area contributed by atoms with Gasteiger partial charge in [-0.05, 0) is 23.8 Å². The minimum Gasteiger partial charge on any atom is -0.508 e. The number of rotatable bonds is 8. The van der Waals surface area contributed by atoms with Gasteiger partial charge in [0.1, 0.15) is 60.3 Å². The van der Waals surface area contributed by atoms with E-state index in [9.17, 15) is 51.1 Å². The maximum atomic E-state index is 10.4. The zero-order valence-electron chi connectivity index (χ0n) is 20.9. The smallest absolute Gasteiger partial charge is 0.229 e. The van der Waals surface area contributed by atoms with Crippen LogP contribution in [-0.2, 0) is 9.47 Å². The summed E-state index contributed by atoms with van der Waals surface area (Å²) in [7, 11) is 0. The number of ether oxygens (including phenoxy) is 4. The summed E-state index contributed by atoms with van der Waals surface area (Å²) in [6, 6.07) is 8.50. The Morgan fingerprint density at radius 2 is 1.18 bits per heavy atom. The van der Waals surface area contributed by atoms with Gasteiger partial charge in [-0.25, -0.2) is 0 Å². The van der Waals surface area contributed by atoms with Gasteiger partial charge in [0.05, 0.1) is 13.2 Å². The van der Waals surface area contributed by atoms with Crippen LogP contribution in [0.4, 0.5) is 0 Å². The lowest BCUT2D eigenvalue weighted by Crippen LogP contribution is -2.60. The van der Waals surface area contributed by atoms with Gasteiger partial charge in [0.15, 0.2) is 11.5 Å². The maximum Gasteiger partial charge on any atom is 0.229 e. The molecule has 10 unspecified atom stereocenters. The van der Waals surface area contributed by atoms with Crippen molar-refractivity contribution < 1.29 is 70.0 Å². The van der Waals surface area contributed by atoms with Crippen molar-refractivity contribution in [3.63, 3.8) is 0 Å². The van der Waals surface area contributed by atoms with Gasteiger partial charge in [0, 0.05) is 11.6 Å². The van der Waals surface area contributed by atoms with Crippen molar-refractivity contribution in [1.82, 2.24) is 0 Å². The molecule has 0 amide bonds. The van der Waals surface area contributed by atoms with Crippen LogP contribution in [0.2, 0.25) is 0 Å². The highest BCUT2D eigenvalue weighted by molar-refractivity contribution is 5.75. The van der Waals surface area contributed by atoms with Crippen LogP contribution in [0.15, 0.2) is 36.4 Å². The summed E-state index contributed by atoms with van der Waals surface area (Å²) in [5.74, 6) is -0.800. The molecule has 2 aromatic rings. The van der Waals surface area contributed by atoms with Crippen LogP contribution in [0.25, 0.3) is 12.2 Å². The first-order valence-corrected chi connectivity index (χ1v) is 12.3. The Hall–Kier alpha value is -3.02. The average molecular weight is 569 g/mol. The molecule has 10 N–H and O–H groups in total. The van der Waals surface area contributed by atoms with E-state index in [0.29, 0.717) is 5.56 Å². The molecule has 4 rings (SSSR count). The van der Waals surface area contributed by atoms with Crippen LogP contribution in [0.1, 0.15) is 11.1 Å². The molecule has 0 radical (unpaired) electrons. The molecule has 0 aromatic heterocycles. The van der Waals surface area contributed by atoms with E-state index in [1.54, 1.807) is 18.2 Å². The van der Waals surface area contributed by atoms with Crippen molar-refractivity contribution in [2.45, 2.75) is 61.4 Å². The predicted molar refractivity (Wildman–Crippen MR) is 134 cm³/mol. The molecule has 0 spiro atoms. The standard InChI is InChI=1S/C26H32O14/c27-9-16-18(31)20(33)22(35)25(38-16)37-14-5-2-11(3-6-14)1-4-12-7-13(29)8-15(30)24(12)40-26-23(36)21(34)19(32)17(10-28)39-26/h1-8,16-23,25-36H,9-10H2. The van der Waals surface area contributed by atoms with Crippen molar-refractivity contribution in [1.29, 1.82) is 0 Å². The maximum absolute atomic E-state index is 10.4. The molecule has 2 aliphatic heterocycles. The number of benzene rings is 2. The van der Waals surface area contributed by atoms with Crippen LogP contribution in [0.5, 0.6) is 23.0 Å². The third-order valence-corrected chi connectivity index (χ3v) is 6.60. The average Bonchev–Trinajstić information content (AvgIpc) is 2.94. The van der Waals surface area contributed by atoms with E-state index >= 15 is 0 Å². The van der Waals surface area contributed by atoms with E-state index in [0.717, 1.165) is 6.07 Å². The van der Waals surface area contributed by atoms with Gasteiger partial charge >= 0.3 is 0 Å². The third-order valence-electron chi connectivity index (χ3n) is 6.60. The zero-order chi connectivity index (χ0) is 29.1. The summed E-state index contributed by atoms with van der Waals surface area (Å²) in [6.07, 6.45) is -11.9. The molecule has 0 saturated carbocycles. The number of hydrogen-bond acceptors (Lipinski definition) is 14. The van der Waals surface area contributed by atoms with Gasteiger partial charge in [0.25, 0.3) is 0 Å². The monoisotopic (exact) mass is 568 g/mol. The fourth-order valence-corrected chi connectivity index (χ4v) is 4.30. The number of phenols is 2. The topological polar surface area (TPSA) is 239 Å². The van der Waals surface area contributed by atoms with Gasteiger partial charge in [0.2, 0.25) is 12.6 Å². The van der Waals surface area contributed by atoms with Crippen LogP contribution in [0.3, 0.4) is 0 Å². The molecular formula is C26H32O14. The highest BCUT2D eigenvalue weighted by Crippen LogP contribution is 2.38. The molecule has 2 aromatic carbocycles. The van der Waals surface area contributed by atoms with E-state index in [4.69, 9.17) is 18.9 Å². The Labute approximate surface area is 227 Å². The minimum atomic E-state index is -1.72. The summed E-state index contributed by atoms with van der Waals surface area (Å²) in [4.78, 5) is 0. The van der Waals surface area contributed by atoms with Crippen molar-refractivity contribution >= 4 is 12.2 Å². The fraction of sp³-hybridized carbons (Fsp3) is 0.462. The Balaban J connectivity index is 1.49. The molecule has 0 bridgehead atoms. The number of aliphatic hydroxyl groups excluding tert-OH is 8. The second-order valence-electron chi connectivity index (χ2n) is 9.42. The second-order valence-corrected chi connectivity index (χ2v) is 9.42. The Bertz CT molecular complexity index is 1150. The zero-order valence-corrected chi connectivity index (χ0v) is 20.9. The molecule has 0 aliphatic carbocycles. The summed E-state index contributed by atoms with van der Waals surface area (Å²) in [5.41, 5.74) is 0.749. The molecule has 14 nitrogen and oxygen atoms in total. The van der Waals surface area contributed by atoms with Crippen molar-refractivity contribution in [2.24, 2.45) is 0 Å². The van der Waals surface area contributed by atoms with Crippen LogP contribution in [-0.4, -0.2) is 126 Å². The number of aromatic hydroxyl groups is 2. The second kappa shape index (κ2) is 12.7. The van der Waals surface area contributed by atoms with E-state index in [1.807, 2.05) is 0 Å². The third kappa shape index (κ3) is 6.31. The SMILES string of the molecule is OCC1OC(Oc2ccc(C=Cc3cc(O)cc(O)c3OC3OC(CO)C(O)C(O)C3O)cc2)C(O)C(O)C1O. The molecule has 2 aliphatic rings. The molecule has 10 atom stereocenters. The quantitative estimate of drug-likeness (QED) is 0.150. The summed E-state index contributed by atoms with van der Waals surface area (Å²) in [5, 5.41) is 99.3. The van der Waals surface area contributed by atoms with Gasteiger partial charge in [-0.1, -0.05) is 24.3 Å². The summed E-state index contributed by atoms with van der Waals surface area (Å²) in [6.45, 7) is -1.27. The first kappa shape index (κ1) is 30.0. The first-order chi connectivity index (χ1) is 19.0. The predicted octanol–water partition coefficient (Wildman–Crippen LogP) is -2.37. The normalized spacial score (nSPS) is 34.6. The van der Waals surface area contributed by atoms with Gasteiger partial charge in [-0.15, -0.1) is 0 Å². The lowest BCUT2D eigenvalue weighted by Gasteiger charge is -2.39. The van der Waals surface area contributed by atoms with Crippen LogP contribution in [0, 0.1) is 0 Å². The van der Waals surface area contributed by atoms with Crippen molar-refractivity contribution in [3.05, 3.63) is 47.5 Å². The summed E-state index contributed by atoms with van der Waals surface area (Å²) >= 11 is 0. The largest absolute Gasteiger partial charge is 0.508 e. The van der Waals surface area contributed by atoms with Crippen molar-refractivity contribution in [3.8, 4) is 23.0 Å². The number of phenolic OH excluding ortho intramolecular Hbond substituents is 2. The Morgan fingerprint density at radius 1 is 0.650 bits per heavy atom. The first-order valence-electron chi connectivity index (χ1n) is 12.3.